The molecule has 2 aliphatic heterocycles. The molecule has 1 aromatic carbocycles. The molecule has 4 N–H and O–H groups in total. The van der Waals surface area contributed by atoms with Crippen molar-refractivity contribution in [2.75, 3.05) is 34.2 Å². The van der Waals surface area contributed by atoms with Crippen LogP contribution in [0, 0.1) is 11.3 Å². The van der Waals surface area contributed by atoms with Gasteiger partial charge in [-0.1, -0.05) is 57.0 Å². The van der Waals surface area contributed by atoms with Gasteiger partial charge in [-0.05, 0) is 69.2 Å². The number of hydrazine groups is 1. The SMILES string of the molecule is CCCCC1NC=C(C[C@@H](NC(=O)C(C)(C)N)C(=O)N2CCC[C@](Cc3ccccc3)(C(=O)N(C)N(C)C)C2)C1C. The number of amides is 3. The minimum absolute atomic E-state index is 0.0115. The van der Waals surface area contributed by atoms with E-state index in [1.165, 1.54) is 0 Å². The summed E-state index contributed by atoms with van der Waals surface area (Å²) >= 11 is 0. The van der Waals surface area contributed by atoms with Gasteiger partial charge < -0.3 is 21.3 Å². The van der Waals surface area contributed by atoms with Gasteiger partial charge in [0.15, 0.2) is 0 Å². The number of nitrogens with two attached hydrogens (primary N) is 1. The van der Waals surface area contributed by atoms with E-state index in [9.17, 15) is 14.4 Å². The van der Waals surface area contributed by atoms with E-state index in [1.807, 2.05) is 50.6 Å². The van der Waals surface area contributed by atoms with Gasteiger partial charge in [0, 0.05) is 40.3 Å². The van der Waals surface area contributed by atoms with E-state index in [4.69, 9.17) is 5.73 Å². The average molecular weight is 569 g/mol. The van der Waals surface area contributed by atoms with E-state index in [0.29, 0.717) is 44.8 Å². The first-order chi connectivity index (χ1) is 19.3. The van der Waals surface area contributed by atoms with Gasteiger partial charge in [-0.15, -0.1) is 0 Å². The Morgan fingerprint density at radius 1 is 1.20 bits per heavy atom. The van der Waals surface area contributed by atoms with Crippen molar-refractivity contribution in [1.29, 1.82) is 0 Å². The fourth-order valence-corrected chi connectivity index (χ4v) is 5.98. The first-order valence-corrected chi connectivity index (χ1v) is 15.1. The van der Waals surface area contributed by atoms with Gasteiger partial charge in [-0.3, -0.25) is 19.4 Å². The van der Waals surface area contributed by atoms with Crippen LogP contribution in [0.15, 0.2) is 42.1 Å². The summed E-state index contributed by atoms with van der Waals surface area (Å²) in [5, 5.41) is 9.89. The number of carbonyl (C=O) groups is 3. The number of hydrogen-bond donors (Lipinski definition) is 3. The second kappa shape index (κ2) is 13.8. The number of rotatable bonds is 12. The topological polar surface area (TPSA) is 111 Å². The number of carbonyl (C=O) groups excluding carboxylic acids is 3. The Morgan fingerprint density at radius 3 is 2.49 bits per heavy atom. The number of hydrogen-bond acceptors (Lipinski definition) is 6. The van der Waals surface area contributed by atoms with Crippen LogP contribution in [0.1, 0.15) is 71.8 Å². The lowest BCUT2D eigenvalue weighted by atomic mass is 9.74. The highest BCUT2D eigenvalue weighted by molar-refractivity contribution is 5.92. The highest BCUT2D eigenvalue weighted by atomic mass is 16.2. The van der Waals surface area contributed by atoms with Crippen LogP contribution in [-0.4, -0.2) is 84.5 Å². The average Bonchev–Trinajstić information content (AvgIpc) is 3.28. The molecule has 9 nitrogen and oxygen atoms in total. The molecule has 2 heterocycles. The maximum Gasteiger partial charge on any atom is 0.245 e. The van der Waals surface area contributed by atoms with Gasteiger partial charge >= 0.3 is 0 Å². The highest BCUT2D eigenvalue weighted by Gasteiger charge is 2.46. The van der Waals surface area contributed by atoms with Crippen molar-refractivity contribution < 1.29 is 14.4 Å². The zero-order chi connectivity index (χ0) is 30.4. The molecule has 3 amide bonds. The minimum atomic E-state index is -1.13. The lowest BCUT2D eigenvalue weighted by Crippen LogP contribution is -2.61. The van der Waals surface area contributed by atoms with Crippen LogP contribution >= 0.6 is 0 Å². The van der Waals surface area contributed by atoms with Crippen molar-refractivity contribution >= 4 is 17.7 Å². The lowest BCUT2D eigenvalue weighted by molar-refractivity contribution is -0.159. The van der Waals surface area contributed by atoms with Gasteiger partial charge in [-0.25, -0.2) is 5.01 Å². The maximum atomic E-state index is 14.3. The van der Waals surface area contributed by atoms with Gasteiger partial charge in [0.25, 0.3) is 0 Å². The third-order valence-corrected chi connectivity index (χ3v) is 8.79. The summed E-state index contributed by atoms with van der Waals surface area (Å²) in [6.07, 6.45) is 7.68. The van der Waals surface area contributed by atoms with Crippen molar-refractivity contribution in [3.63, 3.8) is 0 Å². The molecule has 0 saturated carbocycles. The molecule has 0 spiro atoms. The van der Waals surface area contributed by atoms with Crippen molar-refractivity contribution in [3.8, 4) is 0 Å². The smallest absolute Gasteiger partial charge is 0.245 e. The Balaban J connectivity index is 1.89. The van der Waals surface area contributed by atoms with E-state index >= 15 is 0 Å². The third-order valence-electron chi connectivity index (χ3n) is 8.79. The number of piperidine rings is 1. The molecule has 1 saturated heterocycles. The molecule has 0 radical (unpaired) electrons. The van der Waals surface area contributed by atoms with Crippen molar-refractivity contribution in [2.24, 2.45) is 17.1 Å². The Labute approximate surface area is 246 Å². The van der Waals surface area contributed by atoms with Crippen molar-refractivity contribution in [2.45, 2.75) is 90.3 Å². The highest BCUT2D eigenvalue weighted by Crippen LogP contribution is 2.37. The molecule has 9 heteroatoms. The van der Waals surface area contributed by atoms with Crippen LogP contribution in [0.5, 0.6) is 0 Å². The summed E-state index contributed by atoms with van der Waals surface area (Å²) < 4.78 is 0. The summed E-state index contributed by atoms with van der Waals surface area (Å²) in [6.45, 7) is 8.49. The van der Waals surface area contributed by atoms with E-state index in [0.717, 1.165) is 30.4 Å². The summed E-state index contributed by atoms with van der Waals surface area (Å²) in [5.41, 5.74) is 6.41. The molecule has 1 fully saturated rings. The van der Waals surface area contributed by atoms with Crippen molar-refractivity contribution in [3.05, 3.63) is 47.7 Å². The summed E-state index contributed by atoms with van der Waals surface area (Å²) in [7, 11) is 5.47. The maximum absolute atomic E-state index is 14.3. The molecule has 1 aromatic rings. The molecule has 0 bridgehead atoms. The number of unbranched alkanes of at least 4 members (excludes halogenated alkanes) is 1. The van der Waals surface area contributed by atoms with Gasteiger partial charge in [0.05, 0.1) is 11.0 Å². The van der Waals surface area contributed by atoms with Crippen LogP contribution < -0.4 is 16.4 Å². The van der Waals surface area contributed by atoms with E-state index < -0.39 is 17.0 Å². The fraction of sp³-hybridized carbons (Fsp3) is 0.656. The molecule has 4 atom stereocenters. The molecule has 2 aliphatic rings. The molecule has 228 valence electrons. The molecule has 2 unspecified atom stereocenters. The molecule has 41 heavy (non-hydrogen) atoms. The minimum Gasteiger partial charge on any atom is -0.388 e. The fourth-order valence-electron chi connectivity index (χ4n) is 5.98. The number of benzene rings is 1. The van der Waals surface area contributed by atoms with Gasteiger partial charge in [0.1, 0.15) is 6.04 Å². The summed E-state index contributed by atoms with van der Waals surface area (Å²) in [5.74, 6) is -0.283. The van der Waals surface area contributed by atoms with Crippen LogP contribution in [0.25, 0.3) is 0 Å². The normalized spacial score (nSPS) is 23.5. The molecular formula is C32H52N6O3. The second-order valence-corrected chi connectivity index (χ2v) is 12.9. The predicted octanol–water partition coefficient (Wildman–Crippen LogP) is 3.07. The van der Waals surface area contributed by atoms with Crippen LogP contribution in [0.2, 0.25) is 0 Å². The van der Waals surface area contributed by atoms with Crippen molar-refractivity contribution in [1.82, 2.24) is 25.6 Å². The Morgan fingerprint density at radius 2 is 1.88 bits per heavy atom. The summed E-state index contributed by atoms with van der Waals surface area (Å²) in [6, 6.07) is 9.56. The zero-order valence-corrected chi connectivity index (χ0v) is 26.2. The van der Waals surface area contributed by atoms with E-state index in [1.54, 1.807) is 35.8 Å². The van der Waals surface area contributed by atoms with Crippen LogP contribution in [-0.2, 0) is 20.8 Å². The Kier molecular flexibility index (Phi) is 11.0. The summed E-state index contributed by atoms with van der Waals surface area (Å²) in [4.78, 5) is 43.1. The van der Waals surface area contributed by atoms with E-state index in [2.05, 4.69) is 24.5 Å². The second-order valence-electron chi connectivity index (χ2n) is 12.9. The largest absolute Gasteiger partial charge is 0.388 e. The molecular weight excluding hydrogens is 516 g/mol. The van der Waals surface area contributed by atoms with Crippen LogP contribution in [0.3, 0.4) is 0 Å². The number of nitrogens with zero attached hydrogens (tertiary/aromatic N) is 3. The number of likely N-dealkylation sites (tertiary alicyclic amines) is 1. The van der Waals surface area contributed by atoms with Gasteiger partial charge in [-0.2, -0.15) is 0 Å². The van der Waals surface area contributed by atoms with E-state index in [-0.39, 0.29) is 23.6 Å². The quantitative estimate of drug-likeness (QED) is 0.334. The Bertz CT molecular complexity index is 1080. The monoisotopic (exact) mass is 568 g/mol. The zero-order valence-electron chi connectivity index (χ0n) is 26.2. The third kappa shape index (κ3) is 8.10. The molecule has 3 rings (SSSR count). The predicted molar refractivity (Wildman–Crippen MR) is 163 cm³/mol. The first-order valence-electron chi connectivity index (χ1n) is 15.1. The first kappa shape index (κ1) is 32.6. The van der Waals surface area contributed by atoms with Gasteiger partial charge in [0.2, 0.25) is 17.7 Å². The Hall–Kier alpha value is -2.91. The van der Waals surface area contributed by atoms with Crippen LogP contribution in [0.4, 0.5) is 0 Å². The standard InChI is InChI=1S/C32H52N6O3/c1-8-9-16-26-23(2)25(21-34-26)19-27(35-29(40)31(3,4)33)28(39)38-18-13-17-32(22-38,30(41)37(7)36(5)6)20-24-14-11-10-12-15-24/h10-12,14-15,21,23,26-27,34H,8-9,13,16-20,22,33H2,1-7H3,(H,35,40)/t23?,26?,27-,32-/m1/s1. The lowest BCUT2D eigenvalue weighted by Gasteiger charge is -2.45. The molecule has 0 aliphatic carbocycles. The molecule has 0 aromatic heterocycles. The number of nitrogens with one attached hydrogen (secondary N) is 2.